The summed E-state index contributed by atoms with van der Waals surface area (Å²) in [6.07, 6.45) is 3.78. The fourth-order valence-electron chi connectivity index (χ4n) is 4.00. The second-order valence-corrected chi connectivity index (χ2v) is 7.90. The van der Waals surface area contributed by atoms with Crippen molar-refractivity contribution in [2.75, 3.05) is 36.8 Å². The number of hydrogen-bond acceptors (Lipinski definition) is 3. The second-order valence-electron chi connectivity index (χ2n) is 7.46. The molecule has 146 valence electrons. The van der Waals surface area contributed by atoms with Crippen molar-refractivity contribution in [1.82, 2.24) is 9.88 Å². The van der Waals surface area contributed by atoms with Crippen LogP contribution in [0.3, 0.4) is 0 Å². The van der Waals surface area contributed by atoms with Crippen LogP contribution in [0.2, 0.25) is 5.02 Å². The van der Waals surface area contributed by atoms with E-state index in [1.807, 2.05) is 36.7 Å². The molecule has 0 spiro atoms. The number of anilines is 3. The summed E-state index contributed by atoms with van der Waals surface area (Å²) < 4.78 is 2.44. The van der Waals surface area contributed by atoms with Gasteiger partial charge in [0.05, 0.1) is 30.0 Å². The Bertz CT molecular complexity index is 1050. The zero-order valence-corrected chi connectivity index (χ0v) is 16.9. The Labute approximate surface area is 175 Å². The van der Waals surface area contributed by atoms with Crippen molar-refractivity contribution in [2.24, 2.45) is 0 Å². The van der Waals surface area contributed by atoms with Crippen LogP contribution in [0.5, 0.6) is 0 Å². The maximum absolute atomic E-state index is 6.27. The lowest BCUT2D eigenvalue weighted by Crippen LogP contribution is -2.45. The minimum atomic E-state index is 0.727. The minimum Gasteiger partial charge on any atom is -0.351 e. The molecule has 5 nitrogen and oxygen atoms in total. The van der Waals surface area contributed by atoms with Crippen LogP contribution >= 0.6 is 11.6 Å². The third-order valence-electron chi connectivity index (χ3n) is 5.50. The van der Waals surface area contributed by atoms with Crippen LogP contribution in [0.4, 0.5) is 17.1 Å². The first-order chi connectivity index (χ1) is 14.3. The van der Waals surface area contributed by atoms with E-state index in [4.69, 9.17) is 11.6 Å². The Hall–Kier alpha value is -2.89. The molecular formula is C23H23ClN5+. The van der Waals surface area contributed by atoms with Crippen molar-refractivity contribution in [3.63, 3.8) is 0 Å². The molecule has 0 amide bonds. The summed E-state index contributed by atoms with van der Waals surface area (Å²) in [4.78, 5) is 6.72. The number of nitrogens with one attached hydrogen (secondary N) is 2. The molecule has 2 aliphatic heterocycles. The molecule has 3 aromatic rings. The van der Waals surface area contributed by atoms with Crippen LogP contribution in [-0.2, 0) is 6.54 Å². The molecule has 29 heavy (non-hydrogen) atoms. The number of aromatic nitrogens is 1. The highest BCUT2D eigenvalue weighted by molar-refractivity contribution is 6.31. The zero-order chi connectivity index (χ0) is 19.6. The monoisotopic (exact) mass is 404 g/mol. The highest BCUT2D eigenvalue weighted by Gasteiger charge is 2.28. The molecule has 0 unspecified atom stereocenters. The summed E-state index contributed by atoms with van der Waals surface area (Å²) in [5.74, 6) is 1.13. The maximum atomic E-state index is 6.27. The number of para-hydroxylation sites is 1. The lowest BCUT2D eigenvalue weighted by Gasteiger charge is -2.28. The quantitative estimate of drug-likeness (QED) is 0.629. The van der Waals surface area contributed by atoms with Gasteiger partial charge >= 0.3 is 0 Å². The van der Waals surface area contributed by atoms with Gasteiger partial charge in [0.2, 0.25) is 0 Å². The van der Waals surface area contributed by atoms with Crippen LogP contribution in [0.1, 0.15) is 11.1 Å². The number of halogens is 1. The van der Waals surface area contributed by atoms with E-state index in [1.165, 1.54) is 11.1 Å². The number of rotatable bonds is 2. The van der Waals surface area contributed by atoms with E-state index in [9.17, 15) is 0 Å². The van der Waals surface area contributed by atoms with E-state index in [2.05, 4.69) is 55.4 Å². The number of piperazine rings is 1. The van der Waals surface area contributed by atoms with Crippen molar-refractivity contribution in [2.45, 2.75) is 6.54 Å². The van der Waals surface area contributed by atoms with Crippen LogP contribution in [0, 0.1) is 0 Å². The van der Waals surface area contributed by atoms with Gasteiger partial charge in [0.1, 0.15) is 5.69 Å². The summed E-state index contributed by atoms with van der Waals surface area (Å²) in [6.45, 7) is 4.90. The van der Waals surface area contributed by atoms with Gasteiger partial charge in [-0.1, -0.05) is 29.8 Å². The van der Waals surface area contributed by atoms with Crippen LogP contribution in [0.25, 0.3) is 0 Å². The highest BCUT2D eigenvalue weighted by atomic mass is 35.5. The molecule has 0 radical (unpaired) electrons. The molecule has 0 atom stereocenters. The van der Waals surface area contributed by atoms with Crippen LogP contribution in [-0.4, -0.2) is 46.5 Å². The standard InChI is InChI=1S/C23H22ClN5/c24-18-7-8-21-22(14-18)27-23(19-5-1-2-6-20(19)26-21)29-12-10-28(11-13-29)16-17-4-3-9-25-15-17/h1-9,14-15H,10-13,16H2,(H,26,27)/p+1. The van der Waals surface area contributed by atoms with Crippen molar-refractivity contribution in [1.29, 1.82) is 0 Å². The zero-order valence-electron chi connectivity index (χ0n) is 16.1. The van der Waals surface area contributed by atoms with Crippen molar-refractivity contribution in [3.05, 3.63) is 83.1 Å². The Kier molecular flexibility index (Phi) is 4.92. The van der Waals surface area contributed by atoms with E-state index in [1.54, 1.807) is 0 Å². The number of amidine groups is 1. The minimum absolute atomic E-state index is 0.727. The summed E-state index contributed by atoms with van der Waals surface area (Å²) in [7, 11) is 0. The van der Waals surface area contributed by atoms with E-state index in [0.29, 0.717) is 0 Å². The fourth-order valence-corrected chi connectivity index (χ4v) is 4.17. The van der Waals surface area contributed by atoms with Gasteiger partial charge in [0, 0.05) is 43.1 Å². The number of fused-ring (bicyclic) bond motifs is 2. The van der Waals surface area contributed by atoms with Gasteiger partial charge in [0.15, 0.2) is 0 Å². The maximum Gasteiger partial charge on any atom is 0.284 e. The largest absolute Gasteiger partial charge is 0.351 e. The first kappa shape index (κ1) is 18.2. The smallest absolute Gasteiger partial charge is 0.284 e. The average molecular weight is 405 g/mol. The van der Waals surface area contributed by atoms with Crippen LogP contribution in [0.15, 0.2) is 67.0 Å². The number of hydrogen-bond donors (Lipinski definition) is 2. The molecule has 5 rings (SSSR count). The lowest BCUT2D eigenvalue weighted by molar-refractivity contribution is -0.539. The first-order valence-electron chi connectivity index (χ1n) is 9.92. The molecule has 0 saturated carbocycles. The first-order valence-corrected chi connectivity index (χ1v) is 10.3. The van der Waals surface area contributed by atoms with Gasteiger partial charge in [0.25, 0.3) is 5.84 Å². The highest BCUT2D eigenvalue weighted by Crippen LogP contribution is 2.33. The molecular weight excluding hydrogens is 382 g/mol. The van der Waals surface area contributed by atoms with Gasteiger partial charge in [-0.25, -0.2) is 5.32 Å². The van der Waals surface area contributed by atoms with Crippen molar-refractivity contribution in [3.8, 4) is 0 Å². The van der Waals surface area contributed by atoms with Crippen molar-refractivity contribution >= 4 is 34.5 Å². The van der Waals surface area contributed by atoms with Gasteiger partial charge in [-0.05, 0) is 35.9 Å². The molecule has 2 aromatic carbocycles. The molecule has 2 aliphatic rings. The molecule has 1 aromatic heterocycles. The predicted molar refractivity (Wildman–Crippen MR) is 118 cm³/mol. The Morgan fingerprint density at radius 2 is 1.79 bits per heavy atom. The molecule has 1 saturated heterocycles. The summed E-state index contributed by atoms with van der Waals surface area (Å²) in [6, 6.07) is 18.5. The molecule has 0 aliphatic carbocycles. The second kappa shape index (κ2) is 7.85. The van der Waals surface area contributed by atoms with Gasteiger partial charge in [-0.15, -0.1) is 0 Å². The average Bonchev–Trinajstić information content (AvgIpc) is 2.92. The Balaban J connectivity index is 1.44. The lowest BCUT2D eigenvalue weighted by atomic mass is 10.1. The summed E-state index contributed by atoms with van der Waals surface area (Å²) >= 11 is 6.27. The SMILES string of the molecule is Clc1ccc2c(c1)NC(=[N+]1CCN(Cc3cccnc3)CC1)c1ccccc1N2. The molecule has 6 heteroatoms. The van der Waals surface area contributed by atoms with Crippen molar-refractivity contribution < 1.29 is 4.58 Å². The van der Waals surface area contributed by atoms with E-state index >= 15 is 0 Å². The Morgan fingerprint density at radius 1 is 0.931 bits per heavy atom. The number of benzene rings is 2. The van der Waals surface area contributed by atoms with E-state index in [0.717, 1.165) is 60.6 Å². The van der Waals surface area contributed by atoms with Gasteiger partial charge in [-0.3, -0.25) is 14.5 Å². The molecule has 1 fully saturated rings. The summed E-state index contributed by atoms with van der Waals surface area (Å²) in [5, 5.41) is 7.94. The third kappa shape index (κ3) is 3.84. The number of pyridine rings is 1. The topological polar surface area (TPSA) is 43.2 Å². The fraction of sp³-hybridized carbons (Fsp3) is 0.217. The number of nitrogens with zero attached hydrogens (tertiary/aromatic N) is 3. The summed E-state index contributed by atoms with van der Waals surface area (Å²) in [5.41, 5.74) is 5.59. The normalized spacial score (nSPS) is 16.3. The van der Waals surface area contributed by atoms with E-state index < -0.39 is 0 Å². The third-order valence-corrected chi connectivity index (χ3v) is 5.74. The Morgan fingerprint density at radius 3 is 2.62 bits per heavy atom. The van der Waals surface area contributed by atoms with E-state index in [-0.39, 0.29) is 0 Å². The van der Waals surface area contributed by atoms with Gasteiger partial charge in [-0.2, -0.15) is 0 Å². The molecule has 3 heterocycles. The molecule has 0 bridgehead atoms. The van der Waals surface area contributed by atoms with Crippen LogP contribution < -0.4 is 10.6 Å². The molecule has 2 N–H and O–H groups in total. The van der Waals surface area contributed by atoms with Gasteiger partial charge < -0.3 is 5.32 Å². The predicted octanol–water partition coefficient (Wildman–Crippen LogP) is 4.18.